The van der Waals surface area contributed by atoms with Crippen molar-refractivity contribution in [2.24, 2.45) is 0 Å². The minimum absolute atomic E-state index is 0.169. The zero-order valence-corrected chi connectivity index (χ0v) is 9.04. The van der Waals surface area contributed by atoms with Crippen LogP contribution in [0.2, 0.25) is 0 Å². The molecule has 86 valence electrons. The van der Waals surface area contributed by atoms with E-state index in [2.05, 4.69) is 0 Å². The summed E-state index contributed by atoms with van der Waals surface area (Å²) in [4.78, 5) is 9.84. The third-order valence-corrected chi connectivity index (χ3v) is 1.90. The van der Waals surface area contributed by atoms with Crippen molar-refractivity contribution >= 4 is 11.8 Å². The van der Waals surface area contributed by atoms with E-state index in [9.17, 15) is 20.3 Å². The fourth-order valence-corrected chi connectivity index (χ4v) is 1.08. The lowest BCUT2D eigenvalue weighted by Gasteiger charge is -2.10. The minimum atomic E-state index is -0.992. The average molecular weight is 223 g/mol. The number of nitro groups is 1. The van der Waals surface area contributed by atoms with E-state index < -0.39 is 10.5 Å². The zero-order chi connectivity index (χ0) is 12.3. The quantitative estimate of drug-likeness (QED) is 0.607. The van der Waals surface area contributed by atoms with Crippen LogP contribution < -0.4 is 0 Å². The van der Waals surface area contributed by atoms with Gasteiger partial charge in [-0.1, -0.05) is 12.2 Å². The lowest BCUT2D eigenvalue weighted by Crippen LogP contribution is -2.13. The normalized spacial score (nSPS) is 11.9. The molecule has 0 saturated carbocycles. The van der Waals surface area contributed by atoms with Crippen LogP contribution in [0.3, 0.4) is 0 Å². The van der Waals surface area contributed by atoms with Crippen LogP contribution in [0.4, 0.5) is 5.69 Å². The Bertz CT molecular complexity index is 432. The Morgan fingerprint density at radius 1 is 1.44 bits per heavy atom. The maximum Gasteiger partial charge on any atom is 0.273 e. The number of aromatic hydroxyl groups is 1. The van der Waals surface area contributed by atoms with Gasteiger partial charge in [0.05, 0.1) is 16.6 Å². The smallest absolute Gasteiger partial charge is 0.273 e. The number of aliphatic hydroxyl groups is 1. The number of hydrogen-bond donors (Lipinski definition) is 2. The van der Waals surface area contributed by atoms with Crippen molar-refractivity contribution in [3.63, 3.8) is 0 Å². The van der Waals surface area contributed by atoms with Gasteiger partial charge < -0.3 is 10.2 Å². The van der Waals surface area contributed by atoms with Gasteiger partial charge in [-0.3, -0.25) is 10.1 Å². The van der Waals surface area contributed by atoms with Crippen LogP contribution in [0.5, 0.6) is 5.75 Å². The molecule has 0 heterocycles. The summed E-state index contributed by atoms with van der Waals surface area (Å²) in [5.74, 6) is -0.185. The molecule has 0 bridgehead atoms. The van der Waals surface area contributed by atoms with Crippen LogP contribution >= 0.6 is 0 Å². The third kappa shape index (κ3) is 3.36. The first kappa shape index (κ1) is 12.2. The van der Waals surface area contributed by atoms with E-state index in [0.29, 0.717) is 5.56 Å². The highest BCUT2D eigenvalue weighted by molar-refractivity contribution is 5.60. The average Bonchev–Trinajstić information content (AvgIpc) is 2.14. The highest BCUT2D eigenvalue weighted by Crippen LogP contribution is 2.25. The second-order valence-corrected chi connectivity index (χ2v) is 3.99. The summed E-state index contributed by atoms with van der Waals surface area (Å²) >= 11 is 0. The number of rotatable bonds is 3. The van der Waals surface area contributed by atoms with Crippen molar-refractivity contribution < 1.29 is 15.1 Å². The Morgan fingerprint density at radius 2 is 2.06 bits per heavy atom. The van der Waals surface area contributed by atoms with Gasteiger partial charge in [-0.15, -0.1) is 0 Å². The predicted molar refractivity (Wildman–Crippen MR) is 60.1 cm³/mol. The molecule has 0 amide bonds. The summed E-state index contributed by atoms with van der Waals surface area (Å²) in [5.41, 5.74) is -0.737. The molecule has 2 N–H and O–H groups in total. The fourth-order valence-electron chi connectivity index (χ4n) is 1.08. The van der Waals surface area contributed by atoms with Crippen LogP contribution in [0.25, 0.3) is 6.08 Å². The first-order chi connectivity index (χ1) is 7.29. The third-order valence-electron chi connectivity index (χ3n) is 1.90. The number of non-ortho nitro benzene ring substituents is 1. The number of hydrogen-bond acceptors (Lipinski definition) is 4. The Labute approximate surface area is 92.8 Å². The molecule has 0 spiro atoms. The molecule has 5 nitrogen and oxygen atoms in total. The van der Waals surface area contributed by atoms with Gasteiger partial charge in [-0.05, 0) is 19.9 Å². The molecular weight excluding hydrogens is 210 g/mol. The molecule has 0 radical (unpaired) electrons. The SMILES string of the molecule is CC(C)(O)C=Cc1ccc([N+](=O)[O-])cc1O. The molecule has 0 aliphatic heterocycles. The van der Waals surface area contributed by atoms with Gasteiger partial charge in [0.15, 0.2) is 0 Å². The standard InChI is InChI=1S/C11H13NO4/c1-11(2,14)6-5-8-3-4-9(12(15)16)7-10(8)13/h3-7,13-14H,1-2H3. The minimum Gasteiger partial charge on any atom is -0.507 e. The van der Waals surface area contributed by atoms with E-state index in [0.717, 1.165) is 6.07 Å². The lowest BCUT2D eigenvalue weighted by atomic mass is 10.1. The highest BCUT2D eigenvalue weighted by atomic mass is 16.6. The topological polar surface area (TPSA) is 83.6 Å². The van der Waals surface area contributed by atoms with Crippen molar-refractivity contribution in [2.75, 3.05) is 0 Å². The van der Waals surface area contributed by atoms with Crippen molar-refractivity contribution in [1.29, 1.82) is 0 Å². The van der Waals surface area contributed by atoms with E-state index in [1.165, 1.54) is 24.3 Å². The monoisotopic (exact) mass is 223 g/mol. The summed E-state index contributed by atoms with van der Waals surface area (Å²) in [5, 5.41) is 29.4. The number of phenols is 1. The van der Waals surface area contributed by atoms with Crippen LogP contribution in [0.1, 0.15) is 19.4 Å². The summed E-state index contributed by atoms with van der Waals surface area (Å²) < 4.78 is 0. The van der Waals surface area contributed by atoms with Gasteiger partial charge in [0.2, 0.25) is 0 Å². The molecular formula is C11H13NO4. The summed E-state index contributed by atoms with van der Waals surface area (Å²) in [6.45, 7) is 3.18. The van der Waals surface area contributed by atoms with Crippen molar-refractivity contribution in [3.8, 4) is 5.75 Å². The summed E-state index contributed by atoms with van der Waals surface area (Å²) in [6, 6.07) is 3.80. The second kappa shape index (κ2) is 4.32. The van der Waals surface area contributed by atoms with Crippen LogP contribution in [0, 0.1) is 10.1 Å². The van der Waals surface area contributed by atoms with Crippen LogP contribution in [0.15, 0.2) is 24.3 Å². The molecule has 1 aromatic carbocycles. The first-order valence-corrected chi connectivity index (χ1v) is 4.68. The van der Waals surface area contributed by atoms with E-state index in [1.54, 1.807) is 13.8 Å². The maximum atomic E-state index is 10.4. The Kier molecular flexibility index (Phi) is 3.29. The van der Waals surface area contributed by atoms with Gasteiger partial charge in [0, 0.05) is 11.6 Å². The van der Waals surface area contributed by atoms with Crippen molar-refractivity contribution in [3.05, 3.63) is 40.0 Å². The second-order valence-electron chi connectivity index (χ2n) is 3.99. The van der Waals surface area contributed by atoms with Gasteiger partial charge in [-0.2, -0.15) is 0 Å². The number of nitrogens with zero attached hydrogens (tertiary/aromatic N) is 1. The lowest BCUT2D eigenvalue weighted by molar-refractivity contribution is -0.384. The van der Waals surface area contributed by atoms with Gasteiger partial charge in [-0.25, -0.2) is 0 Å². The number of phenolic OH excluding ortho intramolecular Hbond substituents is 1. The Hall–Kier alpha value is -1.88. The Balaban J connectivity index is 3.01. The maximum absolute atomic E-state index is 10.4. The first-order valence-electron chi connectivity index (χ1n) is 4.68. The van der Waals surface area contributed by atoms with E-state index >= 15 is 0 Å². The largest absolute Gasteiger partial charge is 0.507 e. The summed E-state index contributed by atoms with van der Waals surface area (Å²) in [6.07, 6.45) is 3.01. The van der Waals surface area contributed by atoms with Gasteiger partial charge in [0.25, 0.3) is 5.69 Å². The molecule has 5 heteroatoms. The summed E-state index contributed by atoms with van der Waals surface area (Å²) in [7, 11) is 0. The molecule has 16 heavy (non-hydrogen) atoms. The fraction of sp³-hybridized carbons (Fsp3) is 0.273. The molecule has 0 unspecified atom stereocenters. The van der Waals surface area contributed by atoms with E-state index in [-0.39, 0.29) is 11.4 Å². The predicted octanol–water partition coefficient (Wildman–Crippen LogP) is 2.08. The van der Waals surface area contributed by atoms with Gasteiger partial charge >= 0.3 is 0 Å². The van der Waals surface area contributed by atoms with Gasteiger partial charge in [0.1, 0.15) is 5.75 Å². The van der Waals surface area contributed by atoms with Crippen LogP contribution in [-0.2, 0) is 0 Å². The molecule has 0 aliphatic carbocycles. The van der Waals surface area contributed by atoms with Crippen molar-refractivity contribution in [1.82, 2.24) is 0 Å². The molecule has 0 saturated heterocycles. The molecule has 0 fully saturated rings. The molecule has 1 rings (SSSR count). The highest BCUT2D eigenvalue weighted by Gasteiger charge is 2.10. The molecule has 1 aromatic rings. The van der Waals surface area contributed by atoms with E-state index in [4.69, 9.17) is 0 Å². The van der Waals surface area contributed by atoms with Crippen LogP contribution in [-0.4, -0.2) is 20.7 Å². The van der Waals surface area contributed by atoms with Crippen molar-refractivity contribution in [2.45, 2.75) is 19.4 Å². The zero-order valence-electron chi connectivity index (χ0n) is 9.04. The number of nitro benzene ring substituents is 1. The molecule has 0 atom stereocenters. The number of benzene rings is 1. The Morgan fingerprint density at radius 3 is 2.50 bits per heavy atom. The molecule has 0 aliphatic rings. The van der Waals surface area contributed by atoms with E-state index in [1.807, 2.05) is 0 Å². The molecule has 0 aromatic heterocycles.